The molecule has 0 saturated carbocycles. The molecule has 2 rings (SSSR count). The van der Waals surface area contributed by atoms with Gasteiger partial charge in [-0.05, 0) is 32.8 Å². The average Bonchev–Trinajstić information content (AvgIpc) is 2.37. The van der Waals surface area contributed by atoms with Crippen LogP contribution in [0.3, 0.4) is 0 Å². The summed E-state index contributed by atoms with van der Waals surface area (Å²) in [4.78, 5) is 0. The van der Waals surface area contributed by atoms with E-state index in [4.69, 9.17) is 5.73 Å². The topological polar surface area (TPSA) is 43.8 Å². The second-order valence-electron chi connectivity index (χ2n) is 4.07. The Labute approximate surface area is 72.6 Å². The van der Waals surface area contributed by atoms with Crippen LogP contribution in [0.15, 0.2) is 6.07 Å². The van der Waals surface area contributed by atoms with Crippen molar-refractivity contribution >= 4 is 0 Å². The van der Waals surface area contributed by atoms with Gasteiger partial charge < -0.3 is 5.73 Å². The Morgan fingerprint density at radius 1 is 1.58 bits per heavy atom. The van der Waals surface area contributed by atoms with Gasteiger partial charge in [-0.25, -0.2) is 0 Å². The Morgan fingerprint density at radius 2 is 2.33 bits per heavy atom. The van der Waals surface area contributed by atoms with Crippen molar-refractivity contribution in [1.29, 1.82) is 0 Å². The predicted octanol–water partition coefficient (Wildman–Crippen LogP) is 1.02. The zero-order chi connectivity index (χ0) is 8.77. The molecule has 2 N–H and O–H groups in total. The fourth-order valence-corrected chi connectivity index (χ4v) is 1.58. The van der Waals surface area contributed by atoms with Gasteiger partial charge in [0.15, 0.2) is 0 Å². The molecule has 0 bridgehead atoms. The highest BCUT2D eigenvalue weighted by atomic mass is 15.3. The van der Waals surface area contributed by atoms with Crippen molar-refractivity contribution in [3.63, 3.8) is 0 Å². The van der Waals surface area contributed by atoms with Crippen LogP contribution in [-0.4, -0.2) is 9.78 Å². The molecule has 0 saturated heterocycles. The first-order valence-electron chi connectivity index (χ1n) is 4.43. The lowest BCUT2D eigenvalue weighted by atomic mass is 10.0. The molecule has 0 radical (unpaired) electrons. The maximum absolute atomic E-state index is 5.94. The zero-order valence-electron chi connectivity index (χ0n) is 7.67. The van der Waals surface area contributed by atoms with Gasteiger partial charge in [0, 0.05) is 12.2 Å². The Hall–Kier alpha value is -0.830. The summed E-state index contributed by atoms with van der Waals surface area (Å²) in [5.74, 6) is 0. The molecule has 3 nitrogen and oxygen atoms in total. The summed E-state index contributed by atoms with van der Waals surface area (Å²) in [5, 5.41) is 4.45. The third-order valence-electron chi connectivity index (χ3n) is 2.33. The Morgan fingerprint density at radius 3 is 2.92 bits per heavy atom. The molecular weight excluding hydrogens is 150 g/mol. The molecule has 0 spiro atoms. The van der Waals surface area contributed by atoms with Gasteiger partial charge >= 0.3 is 0 Å². The summed E-state index contributed by atoms with van der Waals surface area (Å²) in [6.45, 7) is 5.04. The molecule has 0 fully saturated rings. The largest absolute Gasteiger partial charge is 0.321 e. The summed E-state index contributed by atoms with van der Waals surface area (Å²) in [5.41, 5.74) is 8.00. The van der Waals surface area contributed by atoms with E-state index in [1.165, 1.54) is 12.1 Å². The number of aryl methyl sites for hydroxylation is 2. The Bertz CT molecular complexity index is 272. The average molecular weight is 165 g/mol. The lowest BCUT2D eigenvalue weighted by Gasteiger charge is -2.14. The molecule has 0 aliphatic carbocycles. The molecule has 0 unspecified atom stereocenters. The Kier molecular flexibility index (Phi) is 1.51. The molecule has 66 valence electrons. The van der Waals surface area contributed by atoms with E-state index in [-0.39, 0.29) is 5.54 Å². The molecule has 12 heavy (non-hydrogen) atoms. The van der Waals surface area contributed by atoms with Gasteiger partial charge in [0.05, 0.1) is 11.2 Å². The van der Waals surface area contributed by atoms with Gasteiger partial charge in [-0.15, -0.1) is 0 Å². The first kappa shape index (κ1) is 7.80. The molecule has 1 aliphatic heterocycles. The molecule has 0 aromatic carbocycles. The van der Waals surface area contributed by atoms with E-state index in [0.29, 0.717) is 0 Å². The van der Waals surface area contributed by atoms with E-state index in [9.17, 15) is 0 Å². The number of hydrogen-bond acceptors (Lipinski definition) is 2. The highest BCUT2D eigenvalue weighted by Crippen LogP contribution is 2.21. The van der Waals surface area contributed by atoms with Gasteiger partial charge in [0.2, 0.25) is 0 Å². The van der Waals surface area contributed by atoms with Crippen LogP contribution in [0.5, 0.6) is 0 Å². The number of hydrogen-bond donors (Lipinski definition) is 1. The summed E-state index contributed by atoms with van der Waals surface area (Å²) in [7, 11) is 0. The second-order valence-corrected chi connectivity index (χ2v) is 4.07. The number of fused-ring (bicyclic) bond motifs is 1. The van der Waals surface area contributed by atoms with Crippen LogP contribution in [0.2, 0.25) is 0 Å². The van der Waals surface area contributed by atoms with Crippen LogP contribution in [0.25, 0.3) is 0 Å². The van der Waals surface area contributed by atoms with E-state index in [2.05, 4.69) is 15.8 Å². The summed E-state index contributed by atoms with van der Waals surface area (Å²) >= 11 is 0. The van der Waals surface area contributed by atoms with Gasteiger partial charge in [-0.1, -0.05) is 0 Å². The molecule has 1 aromatic rings. The van der Waals surface area contributed by atoms with Crippen molar-refractivity contribution in [2.75, 3.05) is 0 Å². The van der Waals surface area contributed by atoms with Crippen molar-refractivity contribution < 1.29 is 0 Å². The number of nitrogens with zero attached hydrogens (tertiary/aromatic N) is 2. The summed E-state index contributed by atoms with van der Waals surface area (Å²) < 4.78 is 2.07. The Balaban J connectivity index is 2.38. The molecule has 1 aromatic heterocycles. The van der Waals surface area contributed by atoms with E-state index in [1.807, 2.05) is 13.8 Å². The minimum absolute atomic E-state index is 0.294. The van der Waals surface area contributed by atoms with Crippen LogP contribution in [0.4, 0.5) is 0 Å². The number of nitrogens with two attached hydrogens (primary N) is 1. The SMILES string of the molecule is CC(C)(N)c1cc2n(n1)CCC2. The molecule has 3 heteroatoms. The quantitative estimate of drug-likeness (QED) is 0.675. The standard InChI is InChI=1S/C9H15N3/c1-9(2,10)8-6-7-4-3-5-12(7)11-8/h6H,3-5,10H2,1-2H3. The number of aromatic nitrogens is 2. The first-order valence-corrected chi connectivity index (χ1v) is 4.43. The first-order chi connectivity index (χ1) is 5.57. The maximum atomic E-state index is 5.94. The lowest BCUT2D eigenvalue weighted by Crippen LogP contribution is -2.29. The van der Waals surface area contributed by atoms with E-state index >= 15 is 0 Å². The minimum atomic E-state index is -0.294. The van der Waals surface area contributed by atoms with Crippen molar-refractivity contribution in [2.24, 2.45) is 5.73 Å². The van der Waals surface area contributed by atoms with Crippen LogP contribution in [0.1, 0.15) is 31.7 Å². The fourth-order valence-electron chi connectivity index (χ4n) is 1.58. The summed E-state index contributed by atoms with van der Waals surface area (Å²) in [6.07, 6.45) is 2.39. The van der Waals surface area contributed by atoms with Crippen LogP contribution in [0, 0.1) is 0 Å². The van der Waals surface area contributed by atoms with Crippen molar-refractivity contribution in [1.82, 2.24) is 9.78 Å². The van der Waals surface area contributed by atoms with Gasteiger partial charge in [0.1, 0.15) is 0 Å². The third-order valence-corrected chi connectivity index (χ3v) is 2.33. The normalized spacial score (nSPS) is 16.6. The molecular formula is C9H15N3. The number of rotatable bonds is 1. The zero-order valence-corrected chi connectivity index (χ0v) is 7.67. The predicted molar refractivity (Wildman–Crippen MR) is 47.8 cm³/mol. The monoisotopic (exact) mass is 165 g/mol. The second kappa shape index (κ2) is 2.33. The van der Waals surface area contributed by atoms with Crippen LogP contribution < -0.4 is 5.73 Å². The lowest BCUT2D eigenvalue weighted by molar-refractivity contribution is 0.513. The van der Waals surface area contributed by atoms with Crippen molar-refractivity contribution in [3.05, 3.63) is 17.5 Å². The smallest absolute Gasteiger partial charge is 0.0820 e. The highest BCUT2D eigenvalue weighted by molar-refractivity contribution is 5.18. The van der Waals surface area contributed by atoms with Crippen molar-refractivity contribution in [3.8, 4) is 0 Å². The maximum Gasteiger partial charge on any atom is 0.0820 e. The van der Waals surface area contributed by atoms with Crippen LogP contribution >= 0.6 is 0 Å². The van der Waals surface area contributed by atoms with Gasteiger partial charge in [-0.3, -0.25) is 4.68 Å². The molecule has 0 atom stereocenters. The van der Waals surface area contributed by atoms with Gasteiger partial charge in [0.25, 0.3) is 0 Å². The summed E-state index contributed by atoms with van der Waals surface area (Å²) in [6, 6.07) is 2.13. The highest BCUT2D eigenvalue weighted by Gasteiger charge is 2.21. The molecule has 0 amide bonds. The van der Waals surface area contributed by atoms with E-state index in [1.54, 1.807) is 0 Å². The van der Waals surface area contributed by atoms with Gasteiger partial charge in [-0.2, -0.15) is 5.10 Å². The third kappa shape index (κ3) is 1.14. The van der Waals surface area contributed by atoms with E-state index < -0.39 is 0 Å². The van der Waals surface area contributed by atoms with Crippen molar-refractivity contribution in [2.45, 2.75) is 38.8 Å². The molecule has 2 heterocycles. The fraction of sp³-hybridized carbons (Fsp3) is 0.667. The minimum Gasteiger partial charge on any atom is -0.321 e. The van der Waals surface area contributed by atoms with E-state index in [0.717, 1.165) is 18.7 Å². The van der Waals surface area contributed by atoms with Crippen LogP contribution in [-0.2, 0) is 18.5 Å². The molecule has 1 aliphatic rings.